The van der Waals surface area contributed by atoms with Gasteiger partial charge in [-0.3, -0.25) is 0 Å². The molecule has 0 amide bonds. The van der Waals surface area contributed by atoms with Crippen LogP contribution < -0.4 is 0 Å². The van der Waals surface area contributed by atoms with Gasteiger partial charge in [0.2, 0.25) is 0 Å². The van der Waals surface area contributed by atoms with Crippen LogP contribution in [0.2, 0.25) is 0 Å². The Bertz CT molecular complexity index is 881. The molecule has 2 bridgehead atoms. The van der Waals surface area contributed by atoms with E-state index in [1.165, 1.54) is 12.8 Å². The molecule has 2 saturated carbocycles. The van der Waals surface area contributed by atoms with E-state index in [2.05, 4.69) is 45.2 Å². The molecule has 0 aromatic rings. The van der Waals surface area contributed by atoms with E-state index in [1.54, 1.807) is 27.7 Å². The Kier molecular flexibility index (Phi) is 12.9. The van der Waals surface area contributed by atoms with Crippen molar-refractivity contribution in [3.63, 3.8) is 0 Å². The molecule has 1 heterocycles. The number of rotatable bonds is 8. The maximum atomic E-state index is 11.6. The minimum atomic E-state index is -0.608. The summed E-state index contributed by atoms with van der Waals surface area (Å²) in [6, 6.07) is 0. The van der Waals surface area contributed by atoms with Gasteiger partial charge in [0.25, 0.3) is 0 Å². The molecule has 3 aliphatic rings. The fraction of sp³-hybridized carbons (Fsp3) is 0.700. The van der Waals surface area contributed by atoms with Crippen molar-refractivity contribution in [3.8, 4) is 0 Å². The van der Waals surface area contributed by atoms with Gasteiger partial charge in [-0.15, -0.1) is 0 Å². The first kappa shape index (κ1) is 33.6. The maximum absolute atomic E-state index is 11.6. The fourth-order valence-corrected chi connectivity index (χ4v) is 4.93. The second-order valence-electron chi connectivity index (χ2n) is 11.5. The number of fused-ring (bicyclic) bond motifs is 2. The lowest BCUT2D eigenvalue weighted by Gasteiger charge is -2.38. The van der Waals surface area contributed by atoms with Gasteiger partial charge in [-0.2, -0.15) is 0 Å². The summed E-state index contributed by atoms with van der Waals surface area (Å²) in [4.78, 5) is 33.1. The molecule has 8 heteroatoms. The minimum absolute atomic E-state index is 0.0334. The molecule has 2 aliphatic carbocycles. The number of aliphatic hydroxyl groups excluding tert-OH is 1. The van der Waals surface area contributed by atoms with E-state index in [-0.39, 0.29) is 36.2 Å². The molecule has 0 aromatic carbocycles. The van der Waals surface area contributed by atoms with Crippen molar-refractivity contribution in [2.45, 2.75) is 98.9 Å². The molecular formula is C30H48O8. The lowest BCUT2D eigenvalue weighted by molar-refractivity contribution is -0.152. The number of hydrogen-bond donors (Lipinski definition) is 1. The first-order valence-electron chi connectivity index (χ1n) is 13.3. The highest BCUT2D eigenvalue weighted by molar-refractivity contribution is 5.87. The number of carbonyl (C=O) groups excluding carboxylic acids is 3. The Labute approximate surface area is 228 Å². The zero-order valence-electron chi connectivity index (χ0n) is 24.4. The smallest absolute Gasteiger partial charge is 0.333 e. The first-order chi connectivity index (χ1) is 17.5. The normalized spacial score (nSPS) is 27.0. The van der Waals surface area contributed by atoms with E-state index >= 15 is 0 Å². The largest absolute Gasteiger partial charge is 0.460 e. The number of carbonyl (C=O) groups is 3. The van der Waals surface area contributed by atoms with Gasteiger partial charge in [-0.25, -0.2) is 14.4 Å². The van der Waals surface area contributed by atoms with Gasteiger partial charge < -0.3 is 24.1 Å². The van der Waals surface area contributed by atoms with Crippen LogP contribution in [0.3, 0.4) is 0 Å². The highest BCUT2D eigenvalue weighted by Gasteiger charge is 2.62. The summed E-state index contributed by atoms with van der Waals surface area (Å²) in [5.41, 5.74) is 1.74. The Morgan fingerprint density at radius 2 is 1.50 bits per heavy atom. The van der Waals surface area contributed by atoms with Gasteiger partial charge in [-0.1, -0.05) is 40.5 Å². The van der Waals surface area contributed by atoms with Crippen LogP contribution in [0, 0.1) is 16.7 Å². The molecule has 3 rings (SSSR count). The van der Waals surface area contributed by atoms with E-state index in [0.717, 1.165) is 25.9 Å². The molecule has 1 saturated heterocycles. The third kappa shape index (κ3) is 9.38. The zero-order chi connectivity index (χ0) is 29.3. The van der Waals surface area contributed by atoms with Crippen LogP contribution in [0.15, 0.2) is 36.5 Å². The predicted molar refractivity (Wildman–Crippen MR) is 146 cm³/mol. The van der Waals surface area contributed by atoms with Gasteiger partial charge >= 0.3 is 17.9 Å². The molecule has 0 spiro atoms. The summed E-state index contributed by atoms with van der Waals surface area (Å²) in [6.07, 6.45) is 5.13. The van der Waals surface area contributed by atoms with Crippen molar-refractivity contribution in [2.75, 3.05) is 19.8 Å². The van der Waals surface area contributed by atoms with Crippen LogP contribution in [-0.2, 0) is 33.3 Å². The van der Waals surface area contributed by atoms with Crippen molar-refractivity contribution in [1.82, 2.24) is 0 Å². The van der Waals surface area contributed by atoms with Crippen LogP contribution in [0.4, 0.5) is 0 Å². The van der Waals surface area contributed by atoms with Crippen molar-refractivity contribution < 1.29 is 38.4 Å². The van der Waals surface area contributed by atoms with Gasteiger partial charge in [-0.05, 0) is 71.1 Å². The van der Waals surface area contributed by atoms with Gasteiger partial charge in [0.15, 0.2) is 0 Å². The van der Waals surface area contributed by atoms with Gasteiger partial charge in [0.05, 0.1) is 12.2 Å². The molecule has 1 N–H and O–H groups in total. The average molecular weight is 537 g/mol. The van der Waals surface area contributed by atoms with E-state index in [0.29, 0.717) is 34.7 Å². The molecule has 0 aromatic heterocycles. The summed E-state index contributed by atoms with van der Waals surface area (Å²) < 4.78 is 20.4. The third-order valence-corrected chi connectivity index (χ3v) is 7.89. The van der Waals surface area contributed by atoms with E-state index in [1.807, 2.05) is 0 Å². The van der Waals surface area contributed by atoms with Crippen LogP contribution >= 0.6 is 0 Å². The first-order valence-corrected chi connectivity index (χ1v) is 13.3. The van der Waals surface area contributed by atoms with Crippen LogP contribution in [0.25, 0.3) is 0 Å². The standard InChI is InChI=1S/C14H22O2.C9H14O3.C7H12O3/c1-9(2)12(15)16-11-8-10-6-7-14(11,5)13(10,3)4;1-7(2)9(10)12-6-8-4-3-5-11-8;1-5(2)7(9)10-4-6(3)8/h10-11H,1,6-8H2,2-5H3;8H,1,3-6H2,2H3;6,8H,1,4H2,2-3H3/t10-,11?,14-;;/m1../s1. The predicted octanol–water partition coefficient (Wildman–Crippen LogP) is 5.09. The SMILES string of the molecule is C=C(C)C(=O)OC1C[C@H]2CC[C@@]1(C)C2(C)C.C=C(C)C(=O)OCC(C)O.C=C(C)C(=O)OCC1CCCO1. The Balaban J connectivity index is 0.000000296. The Morgan fingerprint density at radius 3 is 1.89 bits per heavy atom. The van der Waals surface area contributed by atoms with E-state index < -0.39 is 12.1 Å². The van der Waals surface area contributed by atoms with Crippen LogP contribution in [-0.4, -0.2) is 61.1 Å². The maximum Gasteiger partial charge on any atom is 0.333 e. The topological polar surface area (TPSA) is 108 Å². The quantitative estimate of drug-likeness (QED) is 0.260. The molecule has 1 aliphatic heterocycles. The second-order valence-corrected chi connectivity index (χ2v) is 11.5. The van der Waals surface area contributed by atoms with Gasteiger partial charge in [0, 0.05) is 28.7 Å². The van der Waals surface area contributed by atoms with Crippen LogP contribution in [0.1, 0.15) is 80.6 Å². The molecular weight excluding hydrogens is 488 g/mol. The average Bonchev–Trinajstić information content (AvgIpc) is 3.48. The number of ether oxygens (including phenoxy) is 4. The molecule has 216 valence electrons. The summed E-state index contributed by atoms with van der Waals surface area (Å²) in [7, 11) is 0. The molecule has 3 fully saturated rings. The summed E-state index contributed by atoms with van der Waals surface area (Å²) in [5.74, 6) is -0.304. The number of hydrogen-bond acceptors (Lipinski definition) is 8. The Hall–Kier alpha value is -2.45. The van der Waals surface area contributed by atoms with E-state index in [4.69, 9.17) is 19.3 Å². The summed E-state index contributed by atoms with van der Waals surface area (Å²) in [5, 5.41) is 8.68. The third-order valence-electron chi connectivity index (χ3n) is 7.89. The molecule has 8 nitrogen and oxygen atoms in total. The Morgan fingerprint density at radius 1 is 0.947 bits per heavy atom. The minimum Gasteiger partial charge on any atom is -0.460 e. The number of aliphatic hydroxyl groups is 1. The monoisotopic (exact) mass is 536 g/mol. The summed E-state index contributed by atoms with van der Waals surface area (Å²) >= 11 is 0. The number of esters is 3. The fourth-order valence-electron chi connectivity index (χ4n) is 4.93. The molecule has 0 radical (unpaired) electrons. The molecule has 38 heavy (non-hydrogen) atoms. The molecule has 3 unspecified atom stereocenters. The molecule has 5 atom stereocenters. The van der Waals surface area contributed by atoms with Gasteiger partial charge in [0.1, 0.15) is 19.3 Å². The zero-order valence-corrected chi connectivity index (χ0v) is 24.4. The van der Waals surface area contributed by atoms with Crippen molar-refractivity contribution in [1.29, 1.82) is 0 Å². The van der Waals surface area contributed by atoms with Crippen molar-refractivity contribution in [2.24, 2.45) is 16.7 Å². The lowest BCUT2D eigenvalue weighted by atomic mass is 9.70. The highest BCUT2D eigenvalue weighted by Crippen LogP contribution is 2.66. The van der Waals surface area contributed by atoms with Crippen molar-refractivity contribution in [3.05, 3.63) is 36.5 Å². The second kappa shape index (κ2) is 14.6. The highest BCUT2D eigenvalue weighted by atomic mass is 16.6. The summed E-state index contributed by atoms with van der Waals surface area (Å²) in [6.45, 7) is 25.1. The van der Waals surface area contributed by atoms with E-state index in [9.17, 15) is 14.4 Å². The lowest BCUT2D eigenvalue weighted by Crippen LogP contribution is -2.38. The van der Waals surface area contributed by atoms with Crippen LogP contribution in [0.5, 0.6) is 0 Å². The van der Waals surface area contributed by atoms with Crippen molar-refractivity contribution >= 4 is 17.9 Å².